The molecule has 0 heterocycles. The first-order valence-corrected chi connectivity index (χ1v) is 8.85. The van der Waals surface area contributed by atoms with Crippen LogP contribution in [0.1, 0.15) is 15.9 Å². The molecular formula is C17H15N3O5S. The Morgan fingerprint density at radius 1 is 1.15 bits per heavy atom. The molecule has 2 aromatic carbocycles. The molecule has 0 fully saturated rings. The monoisotopic (exact) mass is 373 g/mol. The summed E-state index contributed by atoms with van der Waals surface area (Å²) < 4.78 is 30.5. The van der Waals surface area contributed by atoms with E-state index in [2.05, 4.69) is 10.0 Å². The van der Waals surface area contributed by atoms with Crippen molar-refractivity contribution in [3.63, 3.8) is 0 Å². The summed E-state index contributed by atoms with van der Waals surface area (Å²) in [6.45, 7) is -0.557. The molecule has 0 atom stereocenters. The number of nitriles is 1. The van der Waals surface area contributed by atoms with Gasteiger partial charge in [-0.25, -0.2) is 17.9 Å². The minimum atomic E-state index is -3.70. The van der Waals surface area contributed by atoms with E-state index in [1.807, 2.05) is 6.07 Å². The number of nitrogens with one attached hydrogen (secondary N) is 2. The van der Waals surface area contributed by atoms with E-state index in [0.717, 1.165) is 6.07 Å². The van der Waals surface area contributed by atoms with Crippen LogP contribution in [0.3, 0.4) is 0 Å². The molecule has 0 bridgehead atoms. The van der Waals surface area contributed by atoms with E-state index in [1.165, 1.54) is 31.3 Å². The number of carbonyl (C=O) groups excluding carboxylic acids is 2. The summed E-state index contributed by atoms with van der Waals surface area (Å²) in [4.78, 5) is 23.8. The van der Waals surface area contributed by atoms with E-state index >= 15 is 0 Å². The first kappa shape index (κ1) is 19.1. The van der Waals surface area contributed by atoms with Crippen molar-refractivity contribution in [1.29, 1.82) is 5.26 Å². The van der Waals surface area contributed by atoms with Gasteiger partial charge in [0.2, 0.25) is 10.0 Å². The topological polar surface area (TPSA) is 125 Å². The number of benzene rings is 2. The number of esters is 1. The van der Waals surface area contributed by atoms with Gasteiger partial charge in [0.1, 0.15) is 0 Å². The van der Waals surface area contributed by atoms with Gasteiger partial charge in [0.05, 0.1) is 22.1 Å². The van der Waals surface area contributed by atoms with Gasteiger partial charge in [-0.3, -0.25) is 4.79 Å². The molecular weight excluding hydrogens is 358 g/mol. The lowest BCUT2D eigenvalue weighted by Crippen LogP contribution is -2.21. The van der Waals surface area contributed by atoms with Crippen molar-refractivity contribution in [3.05, 3.63) is 59.7 Å². The maximum atomic E-state index is 12.0. The zero-order valence-corrected chi connectivity index (χ0v) is 14.5. The zero-order valence-electron chi connectivity index (χ0n) is 13.7. The quantitative estimate of drug-likeness (QED) is 0.734. The van der Waals surface area contributed by atoms with Crippen LogP contribution in [0.4, 0.5) is 5.69 Å². The molecule has 0 spiro atoms. The number of nitrogens with zero attached hydrogens (tertiary/aromatic N) is 1. The van der Waals surface area contributed by atoms with Gasteiger partial charge in [0.15, 0.2) is 6.61 Å². The number of ether oxygens (including phenoxy) is 1. The van der Waals surface area contributed by atoms with Crippen molar-refractivity contribution in [2.45, 2.75) is 4.90 Å². The lowest BCUT2D eigenvalue weighted by molar-refractivity contribution is -0.119. The largest absolute Gasteiger partial charge is 0.452 e. The Morgan fingerprint density at radius 3 is 2.58 bits per heavy atom. The fraction of sp³-hybridized carbons (Fsp3) is 0.118. The second-order valence-corrected chi connectivity index (χ2v) is 6.94. The van der Waals surface area contributed by atoms with Crippen molar-refractivity contribution in [2.24, 2.45) is 0 Å². The summed E-state index contributed by atoms with van der Waals surface area (Å²) in [5, 5.41) is 11.3. The number of hydrogen-bond acceptors (Lipinski definition) is 6. The van der Waals surface area contributed by atoms with Crippen LogP contribution in [0.25, 0.3) is 0 Å². The molecule has 8 nitrogen and oxygen atoms in total. The molecule has 1 amide bonds. The van der Waals surface area contributed by atoms with Crippen molar-refractivity contribution in [2.75, 3.05) is 19.0 Å². The van der Waals surface area contributed by atoms with E-state index in [-0.39, 0.29) is 10.5 Å². The summed E-state index contributed by atoms with van der Waals surface area (Å²) in [5.41, 5.74) is 0.773. The van der Waals surface area contributed by atoms with Gasteiger partial charge < -0.3 is 10.1 Å². The smallest absolute Gasteiger partial charge is 0.338 e. The molecule has 2 rings (SSSR count). The molecule has 0 radical (unpaired) electrons. The number of sulfonamides is 1. The predicted octanol–water partition coefficient (Wildman–Crippen LogP) is 1.26. The Bertz CT molecular complexity index is 980. The average molecular weight is 373 g/mol. The van der Waals surface area contributed by atoms with Crippen LogP contribution in [0.2, 0.25) is 0 Å². The van der Waals surface area contributed by atoms with Crippen LogP contribution in [0, 0.1) is 11.3 Å². The summed E-state index contributed by atoms with van der Waals surface area (Å²) >= 11 is 0. The lowest BCUT2D eigenvalue weighted by atomic mass is 10.2. The molecule has 2 N–H and O–H groups in total. The van der Waals surface area contributed by atoms with Crippen LogP contribution in [-0.2, 0) is 19.6 Å². The first-order chi connectivity index (χ1) is 12.4. The van der Waals surface area contributed by atoms with E-state index in [4.69, 9.17) is 10.00 Å². The number of amides is 1. The van der Waals surface area contributed by atoms with Crippen molar-refractivity contribution >= 4 is 27.6 Å². The summed E-state index contributed by atoms with van der Waals surface area (Å²) in [5.74, 6) is -1.42. The molecule has 2 aromatic rings. The van der Waals surface area contributed by atoms with Crippen LogP contribution in [-0.4, -0.2) is 33.9 Å². The third-order valence-electron chi connectivity index (χ3n) is 3.26. The van der Waals surface area contributed by atoms with Gasteiger partial charge in [-0.2, -0.15) is 5.26 Å². The van der Waals surface area contributed by atoms with Gasteiger partial charge in [-0.05, 0) is 43.4 Å². The van der Waals surface area contributed by atoms with E-state index < -0.39 is 28.5 Å². The molecule has 0 aliphatic heterocycles. The normalized spacial score (nSPS) is 10.6. The maximum Gasteiger partial charge on any atom is 0.338 e. The lowest BCUT2D eigenvalue weighted by Gasteiger charge is -2.08. The van der Waals surface area contributed by atoms with E-state index in [0.29, 0.717) is 11.3 Å². The third-order valence-corrected chi connectivity index (χ3v) is 4.67. The number of carbonyl (C=O) groups is 2. The second-order valence-electron chi connectivity index (χ2n) is 5.05. The molecule has 0 saturated heterocycles. The van der Waals surface area contributed by atoms with Gasteiger partial charge in [0.25, 0.3) is 5.91 Å². The number of hydrogen-bond donors (Lipinski definition) is 2. The average Bonchev–Trinajstić information content (AvgIpc) is 2.66. The molecule has 0 aliphatic rings. The third kappa shape index (κ3) is 4.89. The highest BCUT2D eigenvalue weighted by molar-refractivity contribution is 7.89. The predicted molar refractivity (Wildman–Crippen MR) is 92.8 cm³/mol. The van der Waals surface area contributed by atoms with Crippen LogP contribution < -0.4 is 10.0 Å². The Hall–Kier alpha value is -3.22. The molecule has 0 saturated carbocycles. The summed E-state index contributed by atoms with van der Waals surface area (Å²) in [6.07, 6.45) is 0. The summed E-state index contributed by atoms with van der Waals surface area (Å²) in [7, 11) is -2.44. The van der Waals surface area contributed by atoms with Crippen LogP contribution >= 0.6 is 0 Å². The van der Waals surface area contributed by atoms with Crippen molar-refractivity contribution in [1.82, 2.24) is 4.72 Å². The summed E-state index contributed by atoms with van der Waals surface area (Å²) in [6, 6.07) is 13.5. The molecule has 0 aliphatic carbocycles. The first-order valence-electron chi connectivity index (χ1n) is 7.36. The molecule has 26 heavy (non-hydrogen) atoms. The second kappa shape index (κ2) is 8.24. The Labute approximate surface area is 150 Å². The molecule has 0 unspecified atom stereocenters. The highest BCUT2D eigenvalue weighted by Crippen LogP contribution is 2.13. The Balaban J connectivity index is 1.99. The standard InChI is InChI=1S/C17H15N3O5S/c1-19-26(23,24)15-7-3-5-13(9-15)17(22)25-11-16(21)20-14-6-2-4-12(8-14)10-18/h2-9,19H,11H2,1H3,(H,20,21). The van der Waals surface area contributed by atoms with Crippen molar-refractivity contribution < 1.29 is 22.7 Å². The Morgan fingerprint density at radius 2 is 1.88 bits per heavy atom. The van der Waals surface area contributed by atoms with Gasteiger partial charge in [-0.1, -0.05) is 12.1 Å². The van der Waals surface area contributed by atoms with Crippen molar-refractivity contribution in [3.8, 4) is 6.07 Å². The SMILES string of the molecule is CNS(=O)(=O)c1cccc(C(=O)OCC(=O)Nc2cccc(C#N)c2)c1. The fourth-order valence-corrected chi connectivity index (χ4v) is 2.76. The fourth-order valence-electron chi connectivity index (χ4n) is 1.99. The van der Waals surface area contributed by atoms with Gasteiger partial charge in [0, 0.05) is 5.69 Å². The highest BCUT2D eigenvalue weighted by Gasteiger charge is 2.16. The van der Waals surface area contributed by atoms with Crippen LogP contribution in [0.5, 0.6) is 0 Å². The highest BCUT2D eigenvalue weighted by atomic mass is 32.2. The van der Waals surface area contributed by atoms with Crippen LogP contribution in [0.15, 0.2) is 53.4 Å². The van der Waals surface area contributed by atoms with E-state index in [9.17, 15) is 18.0 Å². The number of anilines is 1. The van der Waals surface area contributed by atoms with E-state index in [1.54, 1.807) is 18.2 Å². The minimum Gasteiger partial charge on any atom is -0.452 e. The van der Waals surface area contributed by atoms with Gasteiger partial charge >= 0.3 is 5.97 Å². The maximum absolute atomic E-state index is 12.0. The Kier molecular flexibility index (Phi) is 6.06. The van der Waals surface area contributed by atoms with Gasteiger partial charge in [-0.15, -0.1) is 0 Å². The molecule has 0 aromatic heterocycles. The zero-order chi connectivity index (χ0) is 19.2. The number of rotatable bonds is 6. The molecule has 134 valence electrons. The minimum absolute atomic E-state index is 0.000558. The molecule has 9 heteroatoms.